The van der Waals surface area contributed by atoms with Crippen LogP contribution in [-0.2, 0) is 11.2 Å². The van der Waals surface area contributed by atoms with Crippen LogP contribution < -0.4 is 5.32 Å². The molecule has 1 aromatic rings. The van der Waals surface area contributed by atoms with E-state index in [1.54, 1.807) is 0 Å². The van der Waals surface area contributed by atoms with Gasteiger partial charge in [-0.25, -0.2) is 0 Å². The molecule has 2 heterocycles. The zero-order valence-corrected chi connectivity index (χ0v) is 11.8. The molecule has 3 rings (SSSR count). The minimum absolute atomic E-state index is 0.00813. The average Bonchev–Trinajstić information content (AvgIpc) is 3.02. The van der Waals surface area contributed by atoms with Crippen LogP contribution in [0.3, 0.4) is 0 Å². The highest BCUT2D eigenvalue weighted by Crippen LogP contribution is 2.27. The van der Waals surface area contributed by atoms with Crippen molar-refractivity contribution in [2.75, 3.05) is 18.4 Å². The number of hydrogen-bond donors (Lipinski definition) is 1. The smallest absolute Gasteiger partial charge is 0.253 e. The van der Waals surface area contributed by atoms with E-state index in [1.807, 2.05) is 23.1 Å². The highest BCUT2D eigenvalue weighted by Gasteiger charge is 2.27. The zero-order chi connectivity index (χ0) is 14.1. The summed E-state index contributed by atoms with van der Waals surface area (Å²) < 4.78 is 0. The first kappa shape index (κ1) is 13.2. The fourth-order valence-corrected chi connectivity index (χ4v) is 3.19. The van der Waals surface area contributed by atoms with Crippen molar-refractivity contribution in [1.82, 2.24) is 4.90 Å². The number of rotatable bonds is 3. The van der Waals surface area contributed by atoms with E-state index in [1.165, 1.54) is 12.8 Å². The molecule has 1 unspecified atom stereocenters. The van der Waals surface area contributed by atoms with E-state index >= 15 is 0 Å². The number of fused-ring (bicyclic) bond motifs is 1. The van der Waals surface area contributed by atoms with E-state index in [-0.39, 0.29) is 11.8 Å². The summed E-state index contributed by atoms with van der Waals surface area (Å²) in [4.78, 5) is 25.8. The van der Waals surface area contributed by atoms with Gasteiger partial charge < -0.3 is 10.2 Å². The molecule has 0 radical (unpaired) electrons. The van der Waals surface area contributed by atoms with Crippen LogP contribution in [0.25, 0.3) is 0 Å². The first-order chi connectivity index (χ1) is 9.67. The second kappa shape index (κ2) is 5.27. The molecule has 2 aliphatic heterocycles. The molecule has 1 fully saturated rings. The number of benzene rings is 1. The van der Waals surface area contributed by atoms with Gasteiger partial charge >= 0.3 is 0 Å². The summed E-state index contributed by atoms with van der Waals surface area (Å²) in [5, 5.41) is 2.80. The number of carbonyl (C=O) groups excluding carboxylic acids is 2. The van der Waals surface area contributed by atoms with E-state index in [0.29, 0.717) is 17.9 Å². The topological polar surface area (TPSA) is 49.4 Å². The fourth-order valence-electron chi connectivity index (χ4n) is 3.19. The number of nitrogens with one attached hydrogen (secondary N) is 1. The maximum absolute atomic E-state index is 12.5. The first-order valence-corrected chi connectivity index (χ1v) is 7.39. The molecule has 0 saturated carbocycles. The van der Waals surface area contributed by atoms with Gasteiger partial charge in [0, 0.05) is 24.3 Å². The van der Waals surface area contributed by atoms with Crippen molar-refractivity contribution in [1.29, 1.82) is 0 Å². The molecule has 106 valence electrons. The molecular formula is C16H20N2O2. The number of hydrogen-bond acceptors (Lipinski definition) is 2. The van der Waals surface area contributed by atoms with Crippen molar-refractivity contribution < 1.29 is 9.59 Å². The summed E-state index contributed by atoms with van der Waals surface area (Å²) >= 11 is 0. The zero-order valence-electron chi connectivity index (χ0n) is 11.8. The average molecular weight is 272 g/mol. The molecule has 4 nitrogen and oxygen atoms in total. The van der Waals surface area contributed by atoms with E-state index < -0.39 is 0 Å². The van der Waals surface area contributed by atoms with E-state index in [0.717, 1.165) is 30.8 Å². The minimum atomic E-state index is 0.00813. The van der Waals surface area contributed by atoms with Crippen LogP contribution in [0.5, 0.6) is 0 Å². The van der Waals surface area contributed by atoms with E-state index in [9.17, 15) is 9.59 Å². The van der Waals surface area contributed by atoms with Crippen LogP contribution in [-0.4, -0.2) is 29.8 Å². The van der Waals surface area contributed by atoms with Gasteiger partial charge in [-0.2, -0.15) is 0 Å². The fraction of sp³-hybridized carbons (Fsp3) is 0.500. The molecule has 1 atom stereocenters. The second-order valence-corrected chi connectivity index (χ2v) is 5.79. The summed E-state index contributed by atoms with van der Waals surface area (Å²) in [5.74, 6) is 0.749. The largest absolute Gasteiger partial charge is 0.338 e. The van der Waals surface area contributed by atoms with Crippen molar-refractivity contribution in [3.8, 4) is 0 Å². The highest BCUT2D eigenvalue weighted by molar-refractivity contribution is 6.02. The Morgan fingerprint density at radius 3 is 3.10 bits per heavy atom. The number of likely N-dealkylation sites (tertiary alicyclic amines) is 1. The Hall–Kier alpha value is -1.84. The molecule has 0 aromatic heterocycles. The quantitative estimate of drug-likeness (QED) is 0.918. The number of nitrogens with zero attached hydrogens (tertiary/aromatic N) is 1. The first-order valence-electron chi connectivity index (χ1n) is 7.39. The lowest BCUT2D eigenvalue weighted by Gasteiger charge is -2.17. The van der Waals surface area contributed by atoms with Crippen LogP contribution >= 0.6 is 0 Å². The van der Waals surface area contributed by atoms with Crippen LogP contribution in [0.1, 0.15) is 42.1 Å². The number of amides is 2. The van der Waals surface area contributed by atoms with Crippen molar-refractivity contribution in [2.24, 2.45) is 5.92 Å². The van der Waals surface area contributed by atoms with Gasteiger partial charge in [-0.3, -0.25) is 9.59 Å². The molecule has 1 saturated heterocycles. The maximum Gasteiger partial charge on any atom is 0.253 e. The molecule has 0 aliphatic carbocycles. The molecule has 0 spiro atoms. The van der Waals surface area contributed by atoms with Gasteiger partial charge in [-0.15, -0.1) is 0 Å². The van der Waals surface area contributed by atoms with E-state index in [2.05, 4.69) is 12.2 Å². The van der Waals surface area contributed by atoms with Gasteiger partial charge in [0.15, 0.2) is 0 Å². The van der Waals surface area contributed by atoms with Gasteiger partial charge in [-0.05, 0) is 36.5 Å². The van der Waals surface area contributed by atoms with Gasteiger partial charge in [0.1, 0.15) is 0 Å². The Balaban J connectivity index is 1.72. The minimum Gasteiger partial charge on any atom is -0.338 e. The summed E-state index contributed by atoms with van der Waals surface area (Å²) in [7, 11) is 0. The standard InChI is InChI=1S/C16H20N2O2/c1-2-3-11-6-7-18(10-11)16(20)13-5-4-12-9-15(19)17-14(12)8-13/h4-5,8,11H,2-3,6-7,9-10H2,1H3,(H,17,19). The third-order valence-corrected chi connectivity index (χ3v) is 4.25. The lowest BCUT2D eigenvalue weighted by Crippen LogP contribution is -2.28. The Morgan fingerprint density at radius 1 is 1.45 bits per heavy atom. The Labute approximate surface area is 119 Å². The summed E-state index contributed by atoms with van der Waals surface area (Å²) in [5.41, 5.74) is 2.46. The predicted molar refractivity (Wildman–Crippen MR) is 77.7 cm³/mol. The highest BCUT2D eigenvalue weighted by atomic mass is 16.2. The second-order valence-electron chi connectivity index (χ2n) is 5.79. The Morgan fingerprint density at radius 2 is 2.30 bits per heavy atom. The van der Waals surface area contributed by atoms with Crippen LogP contribution in [0, 0.1) is 5.92 Å². The third-order valence-electron chi connectivity index (χ3n) is 4.25. The van der Waals surface area contributed by atoms with Crippen molar-refractivity contribution in [3.05, 3.63) is 29.3 Å². The molecule has 2 aliphatic rings. The summed E-state index contributed by atoms with van der Waals surface area (Å²) in [6.07, 6.45) is 3.91. The van der Waals surface area contributed by atoms with Crippen molar-refractivity contribution in [2.45, 2.75) is 32.6 Å². The third kappa shape index (κ3) is 2.42. The SMILES string of the molecule is CCCC1CCN(C(=O)c2ccc3c(c2)NC(=O)C3)C1. The van der Waals surface area contributed by atoms with Gasteiger partial charge in [-0.1, -0.05) is 19.4 Å². The Bertz CT molecular complexity index is 553. The van der Waals surface area contributed by atoms with Crippen LogP contribution in [0.15, 0.2) is 18.2 Å². The Kier molecular flexibility index (Phi) is 3.47. The van der Waals surface area contributed by atoms with E-state index in [4.69, 9.17) is 0 Å². The van der Waals surface area contributed by atoms with Crippen molar-refractivity contribution >= 4 is 17.5 Å². The van der Waals surface area contributed by atoms with Gasteiger partial charge in [0.25, 0.3) is 5.91 Å². The molecule has 4 heteroatoms. The van der Waals surface area contributed by atoms with Crippen molar-refractivity contribution in [3.63, 3.8) is 0 Å². The van der Waals surface area contributed by atoms with Gasteiger partial charge in [0.2, 0.25) is 5.91 Å². The monoisotopic (exact) mass is 272 g/mol. The summed E-state index contributed by atoms with van der Waals surface area (Å²) in [6, 6.07) is 5.55. The summed E-state index contributed by atoms with van der Waals surface area (Å²) in [6.45, 7) is 3.91. The number of carbonyl (C=O) groups is 2. The molecule has 2 amide bonds. The maximum atomic E-state index is 12.5. The predicted octanol–water partition coefficient (Wildman–Crippen LogP) is 2.44. The van der Waals surface area contributed by atoms with Gasteiger partial charge in [0.05, 0.1) is 6.42 Å². The lowest BCUT2D eigenvalue weighted by molar-refractivity contribution is -0.115. The molecule has 20 heavy (non-hydrogen) atoms. The number of anilines is 1. The molecule has 1 aromatic carbocycles. The molecule has 1 N–H and O–H groups in total. The van der Waals surface area contributed by atoms with Crippen LogP contribution in [0.4, 0.5) is 5.69 Å². The molecule has 0 bridgehead atoms. The van der Waals surface area contributed by atoms with Crippen LogP contribution in [0.2, 0.25) is 0 Å². The molecular weight excluding hydrogens is 252 g/mol. The lowest BCUT2D eigenvalue weighted by atomic mass is 10.0. The normalized spacial score (nSPS) is 20.9.